The quantitative estimate of drug-likeness (QED) is 0.480. The summed E-state index contributed by atoms with van der Waals surface area (Å²) < 4.78 is 4.86. The molecule has 0 aliphatic heterocycles. The molecule has 0 aromatic carbocycles. The van der Waals surface area contributed by atoms with E-state index in [1.165, 1.54) is 32.8 Å². The van der Waals surface area contributed by atoms with Crippen LogP contribution in [0.2, 0.25) is 0 Å². The third-order valence-electron chi connectivity index (χ3n) is 3.17. The standard InChI is InChI=1S/C15H31NO2/c1-6-7-8-9-10-13(4)16-14(11-12(2)3)15(17)18-5/h12-14,16H,6-11H2,1-5H3. The molecule has 18 heavy (non-hydrogen) atoms. The lowest BCUT2D eigenvalue weighted by atomic mass is 10.0. The molecule has 0 aromatic rings. The van der Waals surface area contributed by atoms with Crippen molar-refractivity contribution in [1.82, 2.24) is 5.32 Å². The predicted molar refractivity (Wildman–Crippen MR) is 76.6 cm³/mol. The minimum atomic E-state index is -0.156. The fourth-order valence-electron chi connectivity index (χ4n) is 2.15. The van der Waals surface area contributed by atoms with Crippen LogP contribution in [0.3, 0.4) is 0 Å². The van der Waals surface area contributed by atoms with Crippen molar-refractivity contribution in [1.29, 1.82) is 0 Å². The van der Waals surface area contributed by atoms with Crippen LogP contribution in [0, 0.1) is 5.92 Å². The van der Waals surface area contributed by atoms with Gasteiger partial charge in [-0.25, -0.2) is 0 Å². The zero-order valence-corrected chi connectivity index (χ0v) is 12.8. The fourth-order valence-corrected chi connectivity index (χ4v) is 2.15. The van der Waals surface area contributed by atoms with Crippen LogP contribution >= 0.6 is 0 Å². The molecule has 108 valence electrons. The summed E-state index contributed by atoms with van der Waals surface area (Å²) >= 11 is 0. The number of nitrogens with one attached hydrogen (secondary N) is 1. The van der Waals surface area contributed by atoms with Crippen LogP contribution in [0.25, 0.3) is 0 Å². The molecule has 0 fully saturated rings. The number of ether oxygens (including phenoxy) is 1. The number of hydrogen-bond acceptors (Lipinski definition) is 3. The van der Waals surface area contributed by atoms with Gasteiger partial charge in [0.15, 0.2) is 0 Å². The van der Waals surface area contributed by atoms with Crippen LogP contribution in [0.1, 0.15) is 66.2 Å². The molecule has 0 saturated carbocycles. The van der Waals surface area contributed by atoms with Crippen LogP contribution in [-0.2, 0) is 9.53 Å². The highest BCUT2D eigenvalue weighted by Gasteiger charge is 2.21. The monoisotopic (exact) mass is 257 g/mol. The molecular formula is C15H31NO2. The van der Waals surface area contributed by atoms with Crippen molar-refractivity contribution < 1.29 is 9.53 Å². The minimum absolute atomic E-state index is 0.135. The predicted octanol–water partition coefficient (Wildman–Crippen LogP) is 3.52. The fraction of sp³-hybridized carbons (Fsp3) is 0.933. The Balaban J connectivity index is 4.01. The van der Waals surface area contributed by atoms with E-state index in [9.17, 15) is 4.79 Å². The number of methoxy groups -OCH3 is 1. The van der Waals surface area contributed by atoms with Crippen molar-refractivity contribution >= 4 is 5.97 Å². The van der Waals surface area contributed by atoms with E-state index in [1.807, 2.05) is 0 Å². The summed E-state index contributed by atoms with van der Waals surface area (Å²) in [5.41, 5.74) is 0. The van der Waals surface area contributed by atoms with E-state index in [0.29, 0.717) is 12.0 Å². The van der Waals surface area contributed by atoms with Gasteiger partial charge in [-0.1, -0.05) is 46.5 Å². The van der Waals surface area contributed by atoms with Crippen molar-refractivity contribution in [3.05, 3.63) is 0 Å². The van der Waals surface area contributed by atoms with E-state index >= 15 is 0 Å². The van der Waals surface area contributed by atoms with Crippen LogP contribution in [-0.4, -0.2) is 25.2 Å². The SMILES string of the molecule is CCCCCCC(C)NC(CC(C)C)C(=O)OC. The molecule has 0 heterocycles. The van der Waals surface area contributed by atoms with Gasteiger partial charge in [0.2, 0.25) is 0 Å². The molecule has 0 rings (SSSR count). The maximum absolute atomic E-state index is 11.7. The number of unbranched alkanes of at least 4 members (excludes halogenated alkanes) is 3. The van der Waals surface area contributed by atoms with Gasteiger partial charge in [0.05, 0.1) is 7.11 Å². The number of rotatable bonds is 10. The largest absolute Gasteiger partial charge is 0.468 e. The summed E-state index contributed by atoms with van der Waals surface area (Å²) in [7, 11) is 1.46. The highest BCUT2D eigenvalue weighted by Crippen LogP contribution is 2.10. The zero-order valence-electron chi connectivity index (χ0n) is 12.8. The first kappa shape index (κ1) is 17.4. The summed E-state index contributed by atoms with van der Waals surface area (Å²) in [6, 6.07) is 0.223. The normalized spacial score (nSPS) is 14.6. The first-order valence-corrected chi connectivity index (χ1v) is 7.35. The second-order valence-corrected chi connectivity index (χ2v) is 5.62. The number of carbonyl (C=O) groups is 1. The molecular weight excluding hydrogens is 226 g/mol. The van der Waals surface area contributed by atoms with E-state index in [-0.39, 0.29) is 12.0 Å². The highest BCUT2D eigenvalue weighted by molar-refractivity contribution is 5.75. The van der Waals surface area contributed by atoms with Gasteiger partial charge in [-0.05, 0) is 25.7 Å². The maximum Gasteiger partial charge on any atom is 0.322 e. The van der Waals surface area contributed by atoms with Gasteiger partial charge >= 0.3 is 5.97 Å². The van der Waals surface area contributed by atoms with Gasteiger partial charge < -0.3 is 10.1 Å². The lowest BCUT2D eigenvalue weighted by molar-refractivity contribution is -0.143. The second-order valence-electron chi connectivity index (χ2n) is 5.62. The number of carbonyl (C=O) groups excluding carboxylic acids is 1. The van der Waals surface area contributed by atoms with Crippen LogP contribution in [0.15, 0.2) is 0 Å². The van der Waals surface area contributed by atoms with Gasteiger partial charge in [0.1, 0.15) is 6.04 Å². The number of hydrogen-bond donors (Lipinski definition) is 1. The summed E-state index contributed by atoms with van der Waals surface area (Å²) in [6.07, 6.45) is 7.06. The van der Waals surface area contributed by atoms with Crippen LogP contribution in [0.4, 0.5) is 0 Å². The molecule has 0 spiro atoms. The molecule has 2 atom stereocenters. The summed E-state index contributed by atoms with van der Waals surface area (Å²) in [6.45, 7) is 8.63. The topological polar surface area (TPSA) is 38.3 Å². The van der Waals surface area contributed by atoms with Gasteiger partial charge in [0, 0.05) is 6.04 Å². The van der Waals surface area contributed by atoms with Crippen LogP contribution in [0.5, 0.6) is 0 Å². The maximum atomic E-state index is 11.7. The van der Waals surface area contributed by atoms with E-state index in [4.69, 9.17) is 4.74 Å². The smallest absolute Gasteiger partial charge is 0.322 e. The molecule has 0 aromatic heterocycles. The van der Waals surface area contributed by atoms with E-state index in [2.05, 4.69) is 33.0 Å². The molecule has 0 bridgehead atoms. The zero-order chi connectivity index (χ0) is 14.0. The molecule has 2 unspecified atom stereocenters. The van der Waals surface area contributed by atoms with Gasteiger partial charge in [-0.3, -0.25) is 4.79 Å². The molecule has 0 saturated heterocycles. The molecule has 3 nitrogen and oxygen atoms in total. The van der Waals surface area contributed by atoms with E-state index in [0.717, 1.165) is 12.8 Å². The molecule has 1 N–H and O–H groups in total. The Morgan fingerprint density at radius 1 is 1.17 bits per heavy atom. The average molecular weight is 257 g/mol. The summed E-state index contributed by atoms with van der Waals surface area (Å²) in [4.78, 5) is 11.7. The Kier molecular flexibility index (Phi) is 10.0. The Morgan fingerprint density at radius 2 is 1.83 bits per heavy atom. The first-order chi connectivity index (χ1) is 8.51. The summed E-state index contributed by atoms with van der Waals surface area (Å²) in [5, 5.41) is 3.40. The van der Waals surface area contributed by atoms with Crippen molar-refractivity contribution in [2.24, 2.45) is 5.92 Å². The summed E-state index contributed by atoms with van der Waals surface area (Å²) in [5.74, 6) is 0.359. The molecule has 0 aliphatic carbocycles. The van der Waals surface area contributed by atoms with Crippen molar-refractivity contribution in [2.75, 3.05) is 7.11 Å². The highest BCUT2D eigenvalue weighted by atomic mass is 16.5. The minimum Gasteiger partial charge on any atom is -0.468 e. The molecule has 0 amide bonds. The van der Waals surface area contributed by atoms with Crippen LogP contribution < -0.4 is 5.32 Å². The Labute approximate surface area is 113 Å². The van der Waals surface area contributed by atoms with Gasteiger partial charge in [-0.15, -0.1) is 0 Å². The van der Waals surface area contributed by atoms with Crippen molar-refractivity contribution in [3.63, 3.8) is 0 Å². The van der Waals surface area contributed by atoms with E-state index < -0.39 is 0 Å². The lowest BCUT2D eigenvalue weighted by Crippen LogP contribution is -2.43. The Hall–Kier alpha value is -0.570. The second kappa shape index (κ2) is 10.4. The third kappa shape index (κ3) is 8.51. The number of esters is 1. The Bertz CT molecular complexity index is 217. The first-order valence-electron chi connectivity index (χ1n) is 7.35. The van der Waals surface area contributed by atoms with Crippen molar-refractivity contribution in [3.8, 4) is 0 Å². The van der Waals surface area contributed by atoms with Crippen molar-refractivity contribution in [2.45, 2.75) is 78.3 Å². The molecule has 0 aliphatic rings. The third-order valence-corrected chi connectivity index (χ3v) is 3.17. The van der Waals surface area contributed by atoms with Gasteiger partial charge in [0.25, 0.3) is 0 Å². The lowest BCUT2D eigenvalue weighted by Gasteiger charge is -2.22. The van der Waals surface area contributed by atoms with E-state index in [1.54, 1.807) is 0 Å². The Morgan fingerprint density at radius 3 is 2.33 bits per heavy atom. The molecule has 3 heteroatoms. The van der Waals surface area contributed by atoms with Gasteiger partial charge in [-0.2, -0.15) is 0 Å². The average Bonchev–Trinajstić information content (AvgIpc) is 2.32. The molecule has 0 radical (unpaired) electrons.